The van der Waals surface area contributed by atoms with E-state index in [0.717, 1.165) is 11.3 Å². The average Bonchev–Trinajstić information content (AvgIpc) is 2.49. The Morgan fingerprint density at radius 3 is 2.95 bits per heavy atom. The molecular weight excluding hydrogens is 268 g/mol. The Hall–Kier alpha value is -2.04. The van der Waals surface area contributed by atoms with Crippen LogP contribution in [-0.2, 0) is 16.0 Å². The molecule has 1 fully saturated rings. The first-order chi connectivity index (χ1) is 10.00. The van der Waals surface area contributed by atoms with Gasteiger partial charge in [-0.2, -0.15) is 0 Å². The number of ether oxygens (including phenoxy) is 1. The summed E-state index contributed by atoms with van der Waals surface area (Å²) in [7, 11) is 0. The van der Waals surface area contributed by atoms with Crippen LogP contribution in [-0.4, -0.2) is 41.9 Å². The number of nitrogens with one attached hydrogen (secondary N) is 1. The van der Waals surface area contributed by atoms with E-state index in [0.29, 0.717) is 26.1 Å². The highest BCUT2D eigenvalue weighted by molar-refractivity contribution is 5.92. The lowest BCUT2D eigenvalue weighted by Crippen LogP contribution is -2.64. The Kier molecular flexibility index (Phi) is 3.35. The van der Waals surface area contributed by atoms with Gasteiger partial charge < -0.3 is 15.0 Å². The highest BCUT2D eigenvalue weighted by atomic mass is 16.5. The number of hydrogen-bond donors (Lipinski definition) is 1. The summed E-state index contributed by atoms with van der Waals surface area (Å²) in [5.41, 5.74) is 0.258. The molecule has 21 heavy (non-hydrogen) atoms. The Morgan fingerprint density at radius 1 is 1.38 bits per heavy atom. The number of amides is 2. The second kappa shape index (κ2) is 5.06. The number of nitrogens with zero attached hydrogens (tertiary/aromatic N) is 1. The molecule has 1 saturated heterocycles. The van der Waals surface area contributed by atoms with E-state index in [1.54, 1.807) is 18.7 Å². The molecule has 0 saturated carbocycles. The molecule has 5 heteroatoms. The standard InChI is InChI=1S/C16H20N2O3/c1-16(2)15(20)17-7-8-18(16)14(19)12-9-11-5-3-4-6-13(11)21-10-12/h3-6,12H,7-10H2,1-2H3,(H,17,20). The van der Waals surface area contributed by atoms with Gasteiger partial charge in [-0.05, 0) is 31.9 Å². The van der Waals surface area contributed by atoms with E-state index in [1.165, 1.54) is 0 Å². The van der Waals surface area contributed by atoms with Crippen LogP contribution in [0.4, 0.5) is 0 Å². The van der Waals surface area contributed by atoms with Gasteiger partial charge in [0.1, 0.15) is 17.9 Å². The Balaban J connectivity index is 1.79. The molecule has 1 aromatic carbocycles. The molecule has 0 aliphatic carbocycles. The first kappa shape index (κ1) is 13.9. The SMILES string of the molecule is CC1(C)C(=O)NCCN1C(=O)C1COc2ccccc2C1. The van der Waals surface area contributed by atoms with Gasteiger partial charge in [0.15, 0.2) is 0 Å². The van der Waals surface area contributed by atoms with Crippen molar-refractivity contribution in [2.45, 2.75) is 25.8 Å². The summed E-state index contributed by atoms with van der Waals surface area (Å²) in [4.78, 5) is 26.5. The summed E-state index contributed by atoms with van der Waals surface area (Å²) in [6.07, 6.45) is 0.670. The number of carbonyl (C=O) groups is 2. The minimum atomic E-state index is -0.799. The van der Waals surface area contributed by atoms with Gasteiger partial charge in [0, 0.05) is 13.1 Å². The summed E-state index contributed by atoms with van der Waals surface area (Å²) in [5, 5.41) is 2.81. The van der Waals surface area contributed by atoms with E-state index in [4.69, 9.17) is 4.74 Å². The van der Waals surface area contributed by atoms with Gasteiger partial charge in [0.05, 0.1) is 5.92 Å². The van der Waals surface area contributed by atoms with Crippen molar-refractivity contribution in [1.29, 1.82) is 0 Å². The summed E-state index contributed by atoms with van der Waals surface area (Å²) in [6, 6.07) is 7.80. The number of rotatable bonds is 1. The molecule has 0 bridgehead atoms. The van der Waals surface area contributed by atoms with E-state index in [9.17, 15) is 9.59 Å². The largest absolute Gasteiger partial charge is 0.492 e. The quantitative estimate of drug-likeness (QED) is 0.838. The maximum atomic E-state index is 12.8. The van der Waals surface area contributed by atoms with Crippen LogP contribution >= 0.6 is 0 Å². The molecule has 0 radical (unpaired) electrons. The minimum Gasteiger partial charge on any atom is -0.492 e. The predicted octanol–water partition coefficient (Wildman–Crippen LogP) is 0.975. The fourth-order valence-electron chi connectivity index (χ4n) is 2.99. The first-order valence-corrected chi connectivity index (χ1v) is 7.30. The molecule has 2 amide bonds. The smallest absolute Gasteiger partial charge is 0.245 e. The van der Waals surface area contributed by atoms with Crippen LogP contribution in [0.5, 0.6) is 5.75 Å². The van der Waals surface area contributed by atoms with Gasteiger partial charge in [-0.25, -0.2) is 0 Å². The van der Waals surface area contributed by atoms with Crippen molar-refractivity contribution in [3.05, 3.63) is 29.8 Å². The zero-order valence-electron chi connectivity index (χ0n) is 12.4. The highest BCUT2D eigenvalue weighted by Crippen LogP contribution is 2.29. The van der Waals surface area contributed by atoms with Crippen LogP contribution in [0.2, 0.25) is 0 Å². The zero-order chi connectivity index (χ0) is 15.0. The Labute approximate surface area is 124 Å². The van der Waals surface area contributed by atoms with Crippen LogP contribution in [0.15, 0.2) is 24.3 Å². The van der Waals surface area contributed by atoms with Gasteiger partial charge in [-0.1, -0.05) is 18.2 Å². The summed E-state index contributed by atoms with van der Waals surface area (Å²) in [6.45, 7) is 5.02. The lowest BCUT2D eigenvalue weighted by Gasteiger charge is -2.43. The molecule has 1 unspecified atom stereocenters. The third-order valence-electron chi connectivity index (χ3n) is 4.35. The number of benzene rings is 1. The van der Waals surface area contributed by atoms with Crippen LogP contribution in [0.1, 0.15) is 19.4 Å². The average molecular weight is 288 g/mol. The van der Waals surface area contributed by atoms with E-state index in [2.05, 4.69) is 5.32 Å². The minimum absolute atomic E-state index is 0.00403. The highest BCUT2D eigenvalue weighted by Gasteiger charge is 2.43. The van der Waals surface area contributed by atoms with E-state index in [1.807, 2.05) is 24.3 Å². The maximum absolute atomic E-state index is 12.8. The van der Waals surface area contributed by atoms with Crippen molar-refractivity contribution < 1.29 is 14.3 Å². The van der Waals surface area contributed by atoms with Crippen LogP contribution in [0, 0.1) is 5.92 Å². The molecule has 0 aromatic heterocycles. The van der Waals surface area contributed by atoms with Gasteiger partial charge in [0.2, 0.25) is 11.8 Å². The molecule has 1 aromatic rings. The second-order valence-corrected chi connectivity index (χ2v) is 6.12. The number of fused-ring (bicyclic) bond motifs is 1. The molecule has 5 nitrogen and oxygen atoms in total. The zero-order valence-corrected chi connectivity index (χ0v) is 12.4. The molecule has 2 aliphatic rings. The second-order valence-electron chi connectivity index (χ2n) is 6.12. The number of hydrogen-bond acceptors (Lipinski definition) is 3. The summed E-state index contributed by atoms with van der Waals surface area (Å²) >= 11 is 0. The lowest BCUT2D eigenvalue weighted by molar-refractivity contribution is -0.153. The van der Waals surface area contributed by atoms with Crippen molar-refractivity contribution in [2.75, 3.05) is 19.7 Å². The third-order valence-corrected chi connectivity index (χ3v) is 4.35. The van der Waals surface area contributed by atoms with E-state index in [-0.39, 0.29) is 17.7 Å². The van der Waals surface area contributed by atoms with Gasteiger partial charge >= 0.3 is 0 Å². The normalized spacial score (nSPS) is 23.8. The molecule has 1 atom stereocenters. The summed E-state index contributed by atoms with van der Waals surface area (Å²) in [5.74, 6) is 0.547. The molecule has 2 heterocycles. The fraction of sp³-hybridized carbons (Fsp3) is 0.500. The predicted molar refractivity (Wildman–Crippen MR) is 77.9 cm³/mol. The van der Waals surface area contributed by atoms with Crippen LogP contribution < -0.4 is 10.1 Å². The summed E-state index contributed by atoms with van der Waals surface area (Å²) < 4.78 is 5.69. The Morgan fingerprint density at radius 2 is 2.14 bits per heavy atom. The van der Waals surface area contributed by atoms with E-state index >= 15 is 0 Å². The van der Waals surface area contributed by atoms with Gasteiger partial charge in [-0.15, -0.1) is 0 Å². The molecule has 3 rings (SSSR count). The monoisotopic (exact) mass is 288 g/mol. The molecule has 0 spiro atoms. The third kappa shape index (κ3) is 2.37. The van der Waals surface area contributed by atoms with E-state index < -0.39 is 5.54 Å². The van der Waals surface area contributed by atoms with Crippen molar-refractivity contribution in [1.82, 2.24) is 10.2 Å². The number of piperazine rings is 1. The van der Waals surface area contributed by atoms with Crippen molar-refractivity contribution in [3.8, 4) is 5.75 Å². The van der Waals surface area contributed by atoms with Crippen molar-refractivity contribution in [3.63, 3.8) is 0 Å². The van der Waals surface area contributed by atoms with Gasteiger partial charge in [-0.3, -0.25) is 9.59 Å². The maximum Gasteiger partial charge on any atom is 0.245 e. The van der Waals surface area contributed by atoms with Crippen molar-refractivity contribution in [2.24, 2.45) is 5.92 Å². The van der Waals surface area contributed by atoms with Crippen LogP contribution in [0.3, 0.4) is 0 Å². The first-order valence-electron chi connectivity index (χ1n) is 7.30. The fourth-order valence-corrected chi connectivity index (χ4v) is 2.99. The topological polar surface area (TPSA) is 58.6 Å². The van der Waals surface area contributed by atoms with Crippen molar-refractivity contribution >= 4 is 11.8 Å². The molecule has 2 aliphatic heterocycles. The lowest BCUT2D eigenvalue weighted by atomic mass is 9.91. The number of carbonyl (C=O) groups excluding carboxylic acids is 2. The van der Waals surface area contributed by atoms with Gasteiger partial charge in [0.25, 0.3) is 0 Å². The Bertz CT molecular complexity index is 583. The van der Waals surface area contributed by atoms with Crippen LogP contribution in [0.25, 0.3) is 0 Å². The molecule has 112 valence electrons. The molecule has 1 N–H and O–H groups in total. The molecular formula is C16H20N2O3. The number of para-hydroxylation sites is 1.